The zero-order chi connectivity index (χ0) is 11.4. The maximum Gasteiger partial charge on any atom is 0.137 e. The molecule has 0 spiro atoms. The normalized spacial score (nSPS) is 13.1. The first-order valence-electron chi connectivity index (χ1n) is 5.22. The van der Waals surface area contributed by atoms with Crippen molar-refractivity contribution in [3.63, 3.8) is 0 Å². The average molecular weight is 226 g/mol. The number of rotatable bonds is 4. The SMILES string of the molecule is CCC(OC)c1nc(=S)cc(C(C)C)[nH]1. The van der Waals surface area contributed by atoms with Crippen LogP contribution in [0.25, 0.3) is 0 Å². The van der Waals surface area contributed by atoms with Crippen molar-refractivity contribution in [3.05, 3.63) is 22.2 Å². The van der Waals surface area contributed by atoms with Crippen LogP contribution < -0.4 is 0 Å². The van der Waals surface area contributed by atoms with Gasteiger partial charge >= 0.3 is 0 Å². The zero-order valence-corrected chi connectivity index (χ0v) is 10.5. The molecule has 0 amide bonds. The van der Waals surface area contributed by atoms with Crippen molar-refractivity contribution in [1.82, 2.24) is 9.97 Å². The van der Waals surface area contributed by atoms with Crippen molar-refractivity contribution < 1.29 is 4.74 Å². The Kier molecular flexibility index (Phi) is 4.42. The maximum atomic E-state index is 5.34. The highest BCUT2D eigenvalue weighted by atomic mass is 32.1. The molecule has 0 saturated heterocycles. The summed E-state index contributed by atoms with van der Waals surface area (Å²) in [4.78, 5) is 7.58. The summed E-state index contributed by atoms with van der Waals surface area (Å²) in [6, 6.07) is 1.91. The minimum absolute atomic E-state index is 0.00500. The van der Waals surface area contributed by atoms with Crippen LogP contribution in [0.5, 0.6) is 0 Å². The van der Waals surface area contributed by atoms with Crippen molar-refractivity contribution in [3.8, 4) is 0 Å². The van der Waals surface area contributed by atoms with Crippen LogP contribution in [0.4, 0.5) is 0 Å². The van der Waals surface area contributed by atoms with Crippen LogP contribution in [-0.4, -0.2) is 17.1 Å². The Morgan fingerprint density at radius 2 is 2.20 bits per heavy atom. The number of H-pyrrole nitrogens is 1. The predicted octanol–water partition coefficient (Wildman–Crippen LogP) is 3.36. The average Bonchev–Trinajstić information content (AvgIpc) is 2.18. The van der Waals surface area contributed by atoms with Crippen molar-refractivity contribution in [2.45, 2.75) is 39.2 Å². The van der Waals surface area contributed by atoms with Gasteiger partial charge in [-0.2, -0.15) is 0 Å². The number of hydrogen-bond acceptors (Lipinski definition) is 3. The Morgan fingerprint density at radius 1 is 1.53 bits per heavy atom. The highest BCUT2D eigenvalue weighted by Gasteiger charge is 2.11. The molecule has 0 saturated carbocycles. The highest BCUT2D eigenvalue weighted by molar-refractivity contribution is 7.71. The van der Waals surface area contributed by atoms with Gasteiger partial charge in [-0.1, -0.05) is 33.0 Å². The third-order valence-corrected chi connectivity index (χ3v) is 2.57. The molecule has 1 atom stereocenters. The minimum Gasteiger partial charge on any atom is -0.374 e. The number of ether oxygens (including phenoxy) is 1. The lowest BCUT2D eigenvalue weighted by Gasteiger charge is -2.14. The van der Waals surface area contributed by atoms with E-state index in [2.05, 4.69) is 30.7 Å². The molecule has 1 aromatic rings. The third kappa shape index (κ3) is 3.11. The Balaban J connectivity index is 3.13. The topological polar surface area (TPSA) is 37.9 Å². The molecule has 1 rings (SSSR count). The molecule has 1 aromatic heterocycles. The van der Waals surface area contributed by atoms with Crippen LogP contribution >= 0.6 is 12.2 Å². The summed E-state index contributed by atoms with van der Waals surface area (Å²) in [5.74, 6) is 1.25. The lowest BCUT2D eigenvalue weighted by Crippen LogP contribution is -2.08. The van der Waals surface area contributed by atoms with Gasteiger partial charge in [0.15, 0.2) is 0 Å². The van der Waals surface area contributed by atoms with Crippen LogP contribution in [0.3, 0.4) is 0 Å². The first kappa shape index (κ1) is 12.3. The summed E-state index contributed by atoms with van der Waals surface area (Å²) in [6.45, 7) is 6.31. The molecule has 1 N–H and O–H groups in total. The standard InChI is InChI=1S/C11H18N2OS/c1-5-9(14-4)11-12-8(7(2)3)6-10(15)13-11/h6-7,9H,5H2,1-4H3,(H,12,13,15). The molecule has 0 aliphatic rings. The van der Waals surface area contributed by atoms with Gasteiger partial charge in [0.1, 0.15) is 16.6 Å². The van der Waals surface area contributed by atoms with Gasteiger partial charge in [0.25, 0.3) is 0 Å². The smallest absolute Gasteiger partial charge is 0.137 e. The van der Waals surface area contributed by atoms with Crippen LogP contribution in [0, 0.1) is 4.64 Å². The molecule has 0 radical (unpaired) electrons. The van der Waals surface area contributed by atoms with Gasteiger partial charge in [0.2, 0.25) is 0 Å². The molecule has 0 aromatic carbocycles. The van der Waals surface area contributed by atoms with E-state index in [0.717, 1.165) is 17.9 Å². The Labute approximate surface area is 95.9 Å². The zero-order valence-electron chi connectivity index (χ0n) is 9.70. The fourth-order valence-electron chi connectivity index (χ4n) is 1.43. The second-order valence-corrected chi connectivity index (χ2v) is 4.27. The number of methoxy groups -OCH3 is 1. The monoisotopic (exact) mass is 226 g/mol. The molecule has 0 bridgehead atoms. The van der Waals surface area contributed by atoms with Gasteiger partial charge in [-0.05, 0) is 18.4 Å². The number of aromatic nitrogens is 2. The lowest BCUT2D eigenvalue weighted by atomic mass is 10.1. The van der Waals surface area contributed by atoms with Crippen molar-refractivity contribution in [1.29, 1.82) is 0 Å². The molecule has 84 valence electrons. The van der Waals surface area contributed by atoms with E-state index >= 15 is 0 Å². The second-order valence-electron chi connectivity index (χ2n) is 3.85. The molecule has 0 aliphatic carbocycles. The number of hydrogen-bond donors (Lipinski definition) is 1. The minimum atomic E-state index is 0.00500. The van der Waals surface area contributed by atoms with E-state index in [1.807, 2.05) is 6.07 Å². The predicted molar refractivity (Wildman–Crippen MR) is 63.6 cm³/mol. The van der Waals surface area contributed by atoms with Crippen LogP contribution in [-0.2, 0) is 4.74 Å². The van der Waals surface area contributed by atoms with E-state index in [1.54, 1.807) is 7.11 Å². The Morgan fingerprint density at radius 3 is 2.67 bits per heavy atom. The van der Waals surface area contributed by atoms with Gasteiger partial charge < -0.3 is 9.72 Å². The van der Waals surface area contributed by atoms with E-state index in [9.17, 15) is 0 Å². The molecular weight excluding hydrogens is 208 g/mol. The largest absolute Gasteiger partial charge is 0.374 e. The fourth-order valence-corrected chi connectivity index (χ4v) is 1.66. The van der Waals surface area contributed by atoms with E-state index < -0.39 is 0 Å². The number of nitrogens with one attached hydrogen (secondary N) is 1. The van der Waals surface area contributed by atoms with Gasteiger partial charge in [-0.3, -0.25) is 0 Å². The molecule has 4 heteroatoms. The summed E-state index contributed by atoms with van der Waals surface area (Å²) in [5.41, 5.74) is 1.11. The molecular formula is C11H18N2OS. The lowest BCUT2D eigenvalue weighted by molar-refractivity contribution is 0.0922. The molecule has 3 nitrogen and oxygen atoms in total. The molecule has 15 heavy (non-hydrogen) atoms. The summed E-state index contributed by atoms with van der Waals surface area (Å²) in [6.07, 6.45) is 0.890. The second kappa shape index (κ2) is 5.37. The van der Waals surface area contributed by atoms with Gasteiger partial charge in [0, 0.05) is 12.8 Å². The van der Waals surface area contributed by atoms with E-state index in [1.165, 1.54) is 0 Å². The van der Waals surface area contributed by atoms with Gasteiger partial charge in [-0.25, -0.2) is 4.98 Å². The van der Waals surface area contributed by atoms with Crippen LogP contribution in [0.2, 0.25) is 0 Å². The van der Waals surface area contributed by atoms with E-state index in [4.69, 9.17) is 17.0 Å². The first-order chi connectivity index (χ1) is 7.08. The number of nitrogens with zero attached hydrogens (tertiary/aromatic N) is 1. The highest BCUT2D eigenvalue weighted by Crippen LogP contribution is 2.19. The van der Waals surface area contributed by atoms with Gasteiger partial charge in [0.05, 0.1) is 0 Å². The number of aromatic amines is 1. The quantitative estimate of drug-likeness (QED) is 0.800. The summed E-state index contributed by atoms with van der Waals surface area (Å²) < 4.78 is 5.96. The van der Waals surface area contributed by atoms with Crippen LogP contribution in [0.15, 0.2) is 6.07 Å². The molecule has 0 fully saturated rings. The third-order valence-electron chi connectivity index (χ3n) is 2.36. The molecule has 1 unspecified atom stereocenters. The van der Waals surface area contributed by atoms with E-state index in [-0.39, 0.29) is 6.10 Å². The van der Waals surface area contributed by atoms with E-state index in [0.29, 0.717) is 10.6 Å². The molecule has 1 heterocycles. The van der Waals surface area contributed by atoms with Crippen LogP contribution in [0.1, 0.15) is 50.7 Å². The summed E-state index contributed by atoms with van der Waals surface area (Å²) in [7, 11) is 1.69. The Bertz CT molecular complexity index is 369. The van der Waals surface area contributed by atoms with Gasteiger partial charge in [-0.15, -0.1) is 0 Å². The van der Waals surface area contributed by atoms with Crippen molar-refractivity contribution in [2.24, 2.45) is 0 Å². The summed E-state index contributed by atoms with van der Waals surface area (Å²) >= 11 is 5.13. The fraction of sp³-hybridized carbons (Fsp3) is 0.636. The Hall–Kier alpha value is -0.740. The van der Waals surface area contributed by atoms with Crippen molar-refractivity contribution >= 4 is 12.2 Å². The van der Waals surface area contributed by atoms with Crippen molar-refractivity contribution in [2.75, 3.05) is 7.11 Å². The first-order valence-corrected chi connectivity index (χ1v) is 5.63. The maximum absolute atomic E-state index is 5.34. The molecule has 0 aliphatic heterocycles. The summed E-state index contributed by atoms with van der Waals surface area (Å²) in [5, 5.41) is 0.